The van der Waals surface area contributed by atoms with Crippen molar-refractivity contribution in [2.75, 3.05) is 0 Å². The summed E-state index contributed by atoms with van der Waals surface area (Å²) in [5.41, 5.74) is 1.55. The molecule has 2 rings (SSSR count). The Labute approximate surface area is 86.3 Å². The van der Waals surface area contributed by atoms with Crippen molar-refractivity contribution in [2.45, 2.75) is 33.1 Å². The van der Waals surface area contributed by atoms with Crippen molar-refractivity contribution in [3.8, 4) is 0 Å². The van der Waals surface area contributed by atoms with Crippen LogP contribution in [-0.4, -0.2) is 25.0 Å². The van der Waals surface area contributed by atoms with Gasteiger partial charge in [-0.1, -0.05) is 25.9 Å². The van der Waals surface area contributed by atoms with Crippen LogP contribution in [0, 0.1) is 0 Å². The minimum atomic E-state index is -0.124. The fourth-order valence-electron chi connectivity index (χ4n) is 1.72. The quantitative estimate of drug-likeness (QED) is 0.778. The van der Waals surface area contributed by atoms with Gasteiger partial charge in [0, 0.05) is 11.3 Å². The summed E-state index contributed by atoms with van der Waals surface area (Å²) in [7, 11) is 0. The molecule has 0 aliphatic carbocycles. The van der Waals surface area contributed by atoms with E-state index >= 15 is 0 Å². The highest BCUT2D eigenvalue weighted by atomic mass is 16.1. The van der Waals surface area contributed by atoms with Crippen LogP contribution in [0.15, 0.2) is 4.79 Å². The lowest BCUT2D eigenvalue weighted by molar-refractivity contribution is 0.743. The van der Waals surface area contributed by atoms with Gasteiger partial charge in [-0.05, 0) is 22.8 Å². The largest absolute Gasteiger partial charge is 0.326 e. The summed E-state index contributed by atoms with van der Waals surface area (Å²) in [4.78, 5) is 15.1. The van der Waals surface area contributed by atoms with E-state index in [1.807, 2.05) is 20.8 Å². The molecule has 1 N–H and O–H groups in total. The predicted octanol–water partition coefficient (Wildman–Crippen LogP) is 0.498. The second-order valence-corrected chi connectivity index (χ2v) is 3.74. The Balaban J connectivity index is 2.86. The number of hydrogen-bond acceptors (Lipinski definition) is 4. The van der Waals surface area contributed by atoms with Crippen molar-refractivity contribution in [1.29, 1.82) is 0 Å². The molecule has 2 heterocycles. The maximum atomic E-state index is 12.0. The fourth-order valence-corrected chi connectivity index (χ4v) is 1.72. The van der Waals surface area contributed by atoms with Crippen molar-refractivity contribution in [3.05, 3.63) is 21.6 Å². The Morgan fingerprint density at radius 2 is 2.20 bits per heavy atom. The van der Waals surface area contributed by atoms with Crippen LogP contribution in [0.5, 0.6) is 0 Å². The molecule has 2 aromatic rings. The van der Waals surface area contributed by atoms with Crippen LogP contribution < -0.4 is 5.56 Å². The fraction of sp³-hybridized carbons (Fsp3) is 0.556. The minimum Gasteiger partial charge on any atom is -0.326 e. The number of H-pyrrole nitrogens is 1. The van der Waals surface area contributed by atoms with E-state index < -0.39 is 0 Å². The molecule has 2 aromatic heterocycles. The second-order valence-electron chi connectivity index (χ2n) is 3.74. The average molecular weight is 207 g/mol. The van der Waals surface area contributed by atoms with E-state index in [0.29, 0.717) is 5.78 Å². The number of nitrogens with one attached hydrogen (secondary N) is 1. The van der Waals surface area contributed by atoms with Crippen LogP contribution in [0.2, 0.25) is 0 Å². The van der Waals surface area contributed by atoms with Gasteiger partial charge < -0.3 is 4.98 Å². The van der Waals surface area contributed by atoms with Gasteiger partial charge in [-0.25, -0.2) is 0 Å². The number of fused-ring (bicyclic) bond motifs is 1. The zero-order valence-electron chi connectivity index (χ0n) is 8.98. The van der Waals surface area contributed by atoms with Crippen LogP contribution in [0.1, 0.15) is 37.9 Å². The minimum absolute atomic E-state index is 0.124. The molecule has 0 saturated heterocycles. The van der Waals surface area contributed by atoms with Crippen molar-refractivity contribution in [3.63, 3.8) is 0 Å². The van der Waals surface area contributed by atoms with E-state index in [1.165, 1.54) is 4.52 Å². The lowest BCUT2D eigenvalue weighted by atomic mass is 10.0. The van der Waals surface area contributed by atoms with Crippen molar-refractivity contribution >= 4 is 5.78 Å². The van der Waals surface area contributed by atoms with Crippen LogP contribution in [0.4, 0.5) is 0 Å². The van der Waals surface area contributed by atoms with Crippen molar-refractivity contribution in [2.24, 2.45) is 0 Å². The van der Waals surface area contributed by atoms with Gasteiger partial charge in [0.25, 0.3) is 11.3 Å². The zero-order valence-corrected chi connectivity index (χ0v) is 8.98. The number of aryl methyl sites for hydroxylation is 1. The molecule has 0 aliphatic heterocycles. The number of aromatic amines is 1. The summed E-state index contributed by atoms with van der Waals surface area (Å²) in [6.07, 6.45) is 0.770. The molecular weight excluding hydrogens is 194 g/mol. The highest BCUT2D eigenvalue weighted by Crippen LogP contribution is 2.14. The maximum Gasteiger partial charge on any atom is 0.280 e. The van der Waals surface area contributed by atoms with Crippen LogP contribution in [0.3, 0.4) is 0 Å². The van der Waals surface area contributed by atoms with Gasteiger partial charge in [0.1, 0.15) is 0 Å². The van der Waals surface area contributed by atoms with Gasteiger partial charge >= 0.3 is 0 Å². The first-order valence-electron chi connectivity index (χ1n) is 4.98. The Morgan fingerprint density at radius 3 is 2.80 bits per heavy atom. The molecule has 0 unspecified atom stereocenters. The normalized spacial score (nSPS) is 11.5. The third-order valence-corrected chi connectivity index (χ3v) is 2.41. The summed E-state index contributed by atoms with van der Waals surface area (Å²) in [6.45, 7) is 5.97. The van der Waals surface area contributed by atoms with Crippen LogP contribution in [0.25, 0.3) is 5.78 Å². The molecule has 0 aliphatic rings. The molecule has 0 saturated carbocycles. The highest BCUT2D eigenvalue weighted by molar-refractivity contribution is 5.31. The summed E-state index contributed by atoms with van der Waals surface area (Å²) in [5, 5.41) is 10.9. The van der Waals surface area contributed by atoms with Gasteiger partial charge in [0.05, 0.1) is 0 Å². The Kier molecular flexibility index (Phi) is 2.26. The van der Waals surface area contributed by atoms with Gasteiger partial charge in [0.2, 0.25) is 0 Å². The van der Waals surface area contributed by atoms with E-state index in [1.54, 1.807) is 0 Å². The molecule has 0 bridgehead atoms. The summed E-state index contributed by atoms with van der Waals surface area (Å²) in [5.74, 6) is 0.568. The molecular formula is C9H13N5O. The van der Waals surface area contributed by atoms with Gasteiger partial charge in [-0.15, -0.1) is 4.52 Å². The summed E-state index contributed by atoms with van der Waals surface area (Å²) in [6, 6.07) is 0. The topological polar surface area (TPSA) is 75.9 Å². The molecule has 0 aromatic carbocycles. The molecule has 0 radical (unpaired) electrons. The van der Waals surface area contributed by atoms with Gasteiger partial charge in [-0.3, -0.25) is 4.79 Å². The van der Waals surface area contributed by atoms with E-state index in [0.717, 1.165) is 17.7 Å². The third-order valence-electron chi connectivity index (χ3n) is 2.41. The third kappa shape index (κ3) is 1.42. The average Bonchev–Trinajstić information content (AvgIpc) is 2.64. The predicted molar refractivity (Wildman–Crippen MR) is 54.9 cm³/mol. The van der Waals surface area contributed by atoms with Crippen molar-refractivity contribution < 1.29 is 0 Å². The first-order valence-corrected chi connectivity index (χ1v) is 4.98. The molecule has 6 heteroatoms. The van der Waals surface area contributed by atoms with E-state index in [4.69, 9.17) is 0 Å². The number of aromatic nitrogens is 5. The van der Waals surface area contributed by atoms with Gasteiger partial charge in [0.15, 0.2) is 0 Å². The maximum absolute atomic E-state index is 12.0. The monoisotopic (exact) mass is 207 g/mol. The Morgan fingerprint density at radius 1 is 1.47 bits per heavy atom. The lowest BCUT2D eigenvalue weighted by Gasteiger charge is -2.09. The van der Waals surface area contributed by atoms with E-state index in [-0.39, 0.29) is 11.5 Å². The molecule has 80 valence electrons. The SMILES string of the molecule is CCc1[nH]c2nnnn2c(=O)c1C(C)C. The summed E-state index contributed by atoms with van der Waals surface area (Å²) < 4.78 is 1.20. The van der Waals surface area contributed by atoms with Gasteiger partial charge in [-0.2, -0.15) is 0 Å². The second kappa shape index (κ2) is 3.45. The highest BCUT2D eigenvalue weighted by Gasteiger charge is 2.15. The summed E-state index contributed by atoms with van der Waals surface area (Å²) >= 11 is 0. The zero-order chi connectivity index (χ0) is 11.0. The Bertz CT molecular complexity index is 539. The van der Waals surface area contributed by atoms with Crippen LogP contribution in [-0.2, 0) is 6.42 Å². The molecule has 0 atom stereocenters. The molecule has 0 amide bonds. The standard InChI is InChI=1S/C9H13N5O/c1-4-6-7(5(2)3)8(15)14-9(10-6)11-12-13-14/h5H,4H2,1-3H3,(H,10,11,13). The first kappa shape index (κ1) is 9.82. The number of hydrogen-bond donors (Lipinski definition) is 1. The molecule has 0 fully saturated rings. The number of nitrogens with zero attached hydrogens (tertiary/aromatic N) is 4. The molecule has 6 nitrogen and oxygen atoms in total. The van der Waals surface area contributed by atoms with Crippen LogP contribution >= 0.6 is 0 Å². The smallest absolute Gasteiger partial charge is 0.280 e. The lowest BCUT2D eigenvalue weighted by Crippen LogP contribution is -2.23. The van der Waals surface area contributed by atoms with E-state index in [2.05, 4.69) is 20.5 Å². The van der Waals surface area contributed by atoms with Crippen molar-refractivity contribution in [1.82, 2.24) is 25.0 Å². The molecule has 15 heavy (non-hydrogen) atoms. The number of tetrazole rings is 1. The van der Waals surface area contributed by atoms with E-state index in [9.17, 15) is 4.79 Å². The molecule has 0 spiro atoms. The first-order chi connectivity index (χ1) is 7.15. The number of rotatable bonds is 2. The Hall–Kier alpha value is -1.72.